The van der Waals surface area contributed by atoms with Gasteiger partial charge in [0.1, 0.15) is 0 Å². The molecule has 1 aliphatic rings. The standard InChI is InChI=1S/C11H18ClN5O/c1-3-8-7-17(5-6-18-8)11-15-9(12)14-10(16-11)13-4-2/h8H,3-7H2,1-2H3,(H,13,14,15,16). The van der Waals surface area contributed by atoms with Gasteiger partial charge in [0, 0.05) is 19.6 Å². The lowest BCUT2D eigenvalue weighted by Crippen LogP contribution is -2.43. The minimum Gasteiger partial charge on any atom is -0.375 e. The maximum atomic E-state index is 5.92. The summed E-state index contributed by atoms with van der Waals surface area (Å²) in [4.78, 5) is 14.7. The summed E-state index contributed by atoms with van der Waals surface area (Å²) in [5, 5.41) is 3.27. The molecule has 0 bridgehead atoms. The number of hydrogen-bond acceptors (Lipinski definition) is 6. The van der Waals surface area contributed by atoms with E-state index in [0.29, 0.717) is 18.5 Å². The van der Waals surface area contributed by atoms with Gasteiger partial charge in [-0.3, -0.25) is 0 Å². The number of hydrogen-bond donors (Lipinski definition) is 1. The van der Waals surface area contributed by atoms with Gasteiger partial charge in [0.2, 0.25) is 17.2 Å². The van der Waals surface area contributed by atoms with Crippen LogP contribution in [0.25, 0.3) is 0 Å². The number of nitrogens with one attached hydrogen (secondary N) is 1. The second-order valence-electron chi connectivity index (χ2n) is 4.11. The zero-order chi connectivity index (χ0) is 13.0. The SMILES string of the molecule is CCNc1nc(Cl)nc(N2CCOC(CC)C2)n1. The molecule has 0 aliphatic carbocycles. The quantitative estimate of drug-likeness (QED) is 0.897. The lowest BCUT2D eigenvalue weighted by Gasteiger charge is -2.32. The van der Waals surface area contributed by atoms with E-state index in [0.717, 1.165) is 26.1 Å². The molecule has 1 aromatic rings. The van der Waals surface area contributed by atoms with E-state index in [1.165, 1.54) is 0 Å². The van der Waals surface area contributed by atoms with E-state index >= 15 is 0 Å². The van der Waals surface area contributed by atoms with Crippen molar-refractivity contribution in [1.29, 1.82) is 0 Å². The van der Waals surface area contributed by atoms with Gasteiger partial charge in [-0.15, -0.1) is 0 Å². The fourth-order valence-corrected chi connectivity index (χ4v) is 2.02. The van der Waals surface area contributed by atoms with E-state index in [2.05, 4.69) is 32.1 Å². The minimum absolute atomic E-state index is 0.218. The molecule has 0 spiro atoms. The Hall–Kier alpha value is -1.14. The third-order valence-electron chi connectivity index (χ3n) is 2.81. The number of ether oxygens (including phenoxy) is 1. The smallest absolute Gasteiger partial charge is 0.231 e. The molecule has 18 heavy (non-hydrogen) atoms. The molecular formula is C11H18ClN5O. The normalized spacial score (nSPS) is 19.9. The Balaban J connectivity index is 2.16. The molecule has 7 heteroatoms. The zero-order valence-electron chi connectivity index (χ0n) is 10.7. The lowest BCUT2D eigenvalue weighted by atomic mass is 10.2. The van der Waals surface area contributed by atoms with Crippen molar-refractivity contribution < 1.29 is 4.74 Å². The van der Waals surface area contributed by atoms with Crippen LogP contribution in [0.5, 0.6) is 0 Å². The predicted octanol–water partition coefficient (Wildman–Crippen LogP) is 1.57. The van der Waals surface area contributed by atoms with E-state index in [4.69, 9.17) is 16.3 Å². The molecule has 0 saturated carbocycles. The van der Waals surface area contributed by atoms with Gasteiger partial charge in [0.25, 0.3) is 0 Å². The number of halogens is 1. The van der Waals surface area contributed by atoms with Gasteiger partial charge in [0.15, 0.2) is 0 Å². The first kappa shape index (κ1) is 13.3. The zero-order valence-corrected chi connectivity index (χ0v) is 11.4. The minimum atomic E-state index is 0.218. The van der Waals surface area contributed by atoms with Crippen LogP contribution in [0.2, 0.25) is 5.28 Å². The van der Waals surface area contributed by atoms with Crippen molar-refractivity contribution in [3.05, 3.63) is 5.28 Å². The van der Waals surface area contributed by atoms with Gasteiger partial charge in [-0.05, 0) is 24.9 Å². The summed E-state index contributed by atoms with van der Waals surface area (Å²) in [6.45, 7) is 7.11. The van der Waals surface area contributed by atoms with Gasteiger partial charge in [-0.25, -0.2) is 0 Å². The molecule has 1 saturated heterocycles. The highest BCUT2D eigenvalue weighted by Crippen LogP contribution is 2.17. The molecule has 2 rings (SSSR count). The summed E-state index contributed by atoms with van der Waals surface area (Å²) in [5.74, 6) is 1.14. The van der Waals surface area contributed by atoms with Crippen molar-refractivity contribution in [3.63, 3.8) is 0 Å². The van der Waals surface area contributed by atoms with Gasteiger partial charge >= 0.3 is 0 Å². The van der Waals surface area contributed by atoms with Crippen molar-refractivity contribution in [3.8, 4) is 0 Å². The fourth-order valence-electron chi connectivity index (χ4n) is 1.87. The number of nitrogens with zero attached hydrogens (tertiary/aromatic N) is 4. The molecule has 1 fully saturated rings. The number of rotatable bonds is 4. The molecule has 100 valence electrons. The first-order valence-corrected chi connectivity index (χ1v) is 6.62. The number of morpholine rings is 1. The average molecular weight is 272 g/mol. The molecule has 1 unspecified atom stereocenters. The Bertz CT molecular complexity index is 403. The van der Waals surface area contributed by atoms with Crippen molar-refractivity contribution in [2.24, 2.45) is 0 Å². The lowest BCUT2D eigenvalue weighted by molar-refractivity contribution is 0.0379. The first-order chi connectivity index (χ1) is 8.72. The van der Waals surface area contributed by atoms with Crippen molar-refractivity contribution in [2.45, 2.75) is 26.4 Å². The van der Waals surface area contributed by atoms with E-state index in [9.17, 15) is 0 Å². The third-order valence-corrected chi connectivity index (χ3v) is 2.98. The third kappa shape index (κ3) is 3.20. The molecule has 1 aliphatic heterocycles. The van der Waals surface area contributed by atoms with Gasteiger partial charge in [-0.2, -0.15) is 15.0 Å². The summed E-state index contributed by atoms with van der Waals surface area (Å²) < 4.78 is 5.63. The summed E-state index contributed by atoms with van der Waals surface area (Å²) in [7, 11) is 0. The largest absolute Gasteiger partial charge is 0.375 e. The highest BCUT2D eigenvalue weighted by molar-refractivity contribution is 6.28. The topological polar surface area (TPSA) is 63.2 Å². The van der Waals surface area contributed by atoms with E-state index in [1.54, 1.807) is 0 Å². The monoisotopic (exact) mass is 271 g/mol. The van der Waals surface area contributed by atoms with Crippen LogP contribution in [-0.4, -0.2) is 47.3 Å². The summed E-state index contributed by atoms with van der Waals surface area (Å²) in [5.41, 5.74) is 0. The highest BCUT2D eigenvalue weighted by Gasteiger charge is 2.21. The van der Waals surface area contributed by atoms with Crippen LogP contribution in [-0.2, 0) is 4.74 Å². The molecule has 0 amide bonds. The molecule has 1 atom stereocenters. The van der Waals surface area contributed by atoms with Gasteiger partial charge < -0.3 is 15.0 Å². The maximum Gasteiger partial charge on any atom is 0.231 e. The van der Waals surface area contributed by atoms with Gasteiger partial charge in [-0.1, -0.05) is 6.92 Å². The fraction of sp³-hybridized carbons (Fsp3) is 0.727. The van der Waals surface area contributed by atoms with Crippen LogP contribution in [0.3, 0.4) is 0 Å². The molecule has 1 N–H and O–H groups in total. The van der Waals surface area contributed by atoms with Crippen LogP contribution < -0.4 is 10.2 Å². The van der Waals surface area contributed by atoms with Crippen molar-refractivity contribution in [2.75, 3.05) is 36.5 Å². The second-order valence-corrected chi connectivity index (χ2v) is 4.44. The first-order valence-electron chi connectivity index (χ1n) is 6.25. The Morgan fingerprint density at radius 1 is 1.39 bits per heavy atom. The van der Waals surface area contributed by atoms with Crippen LogP contribution in [0.1, 0.15) is 20.3 Å². The van der Waals surface area contributed by atoms with E-state index in [-0.39, 0.29) is 11.4 Å². The van der Waals surface area contributed by atoms with E-state index in [1.807, 2.05) is 6.92 Å². The molecule has 6 nitrogen and oxygen atoms in total. The van der Waals surface area contributed by atoms with Crippen LogP contribution in [0.15, 0.2) is 0 Å². The Morgan fingerprint density at radius 3 is 2.94 bits per heavy atom. The summed E-state index contributed by atoms with van der Waals surface area (Å²) in [6.07, 6.45) is 1.21. The Morgan fingerprint density at radius 2 is 2.22 bits per heavy atom. The molecule has 2 heterocycles. The molecular weight excluding hydrogens is 254 g/mol. The van der Waals surface area contributed by atoms with Crippen molar-refractivity contribution >= 4 is 23.5 Å². The van der Waals surface area contributed by atoms with E-state index < -0.39 is 0 Å². The second kappa shape index (κ2) is 6.15. The predicted molar refractivity (Wildman–Crippen MR) is 71.2 cm³/mol. The van der Waals surface area contributed by atoms with Crippen molar-refractivity contribution in [1.82, 2.24) is 15.0 Å². The summed E-state index contributed by atoms with van der Waals surface area (Å²) >= 11 is 5.92. The summed E-state index contributed by atoms with van der Waals surface area (Å²) in [6, 6.07) is 0. The highest BCUT2D eigenvalue weighted by atomic mass is 35.5. The van der Waals surface area contributed by atoms with Crippen LogP contribution in [0.4, 0.5) is 11.9 Å². The number of aromatic nitrogens is 3. The Labute approximate surface area is 112 Å². The van der Waals surface area contributed by atoms with Gasteiger partial charge in [0.05, 0.1) is 12.7 Å². The number of anilines is 2. The average Bonchev–Trinajstić information content (AvgIpc) is 2.38. The molecule has 1 aromatic heterocycles. The maximum absolute atomic E-state index is 5.92. The molecule has 0 radical (unpaired) electrons. The molecule has 0 aromatic carbocycles. The van der Waals surface area contributed by atoms with Crippen LogP contribution in [0, 0.1) is 0 Å². The van der Waals surface area contributed by atoms with Crippen LogP contribution >= 0.6 is 11.6 Å². The Kier molecular flexibility index (Phi) is 4.54.